The van der Waals surface area contributed by atoms with Gasteiger partial charge in [0, 0.05) is 27.9 Å². The predicted octanol–water partition coefficient (Wildman–Crippen LogP) is 7.38. The molecule has 0 heterocycles. The molecular weight excluding hydrogens is 697 g/mol. The second-order valence-corrected chi connectivity index (χ2v) is 8.24. The molecule has 0 N–H and O–H groups in total. The van der Waals surface area contributed by atoms with Crippen LogP contribution in [0, 0.1) is 0 Å². The van der Waals surface area contributed by atoms with Crippen LogP contribution in [0.5, 0.6) is 0 Å². The minimum atomic E-state index is -6.62. The first-order chi connectivity index (χ1) is 11.1. The van der Waals surface area contributed by atoms with Crippen molar-refractivity contribution in [1.82, 2.24) is 0 Å². The van der Waals surface area contributed by atoms with Gasteiger partial charge in [-0.1, -0.05) is 0 Å². The lowest BCUT2D eigenvalue weighted by Crippen LogP contribution is -2.56. The van der Waals surface area contributed by atoms with Crippen LogP contribution in [-0.2, 0) is 16.1 Å². The third-order valence-corrected chi connectivity index (χ3v) is 8.91. The van der Waals surface area contributed by atoms with E-state index in [4.69, 9.17) is 0 Å². The summed E-state index contributed by atoms with van der Waals surface area (Å²) < 4.78 is 93.8. The molecule has 25 heavy (non-hydrogen) atoms. The van der Waals surface area contributed by atoms with Crippen molar-refractivity contribution < 1.29 is 40.3 Å². The van der Waals surface area contributed by atoms with Gasteiger partial charge in [0.2, 0.25) is 0 Å². The van der Waals surface area contributed by atoms with Gasteiger partial charge in [0.15, 0.2) is 0 Å². The largest absolute Gasteiger partial charge is 0.460 e. The number of carbonyl (C=O) groups excluding carboxylic acids is 1. The number of ether oxygens (including phenoxy) is 1. The Bertz CT molecular complexity index is 676. The van der Waals surface area contributed by atoms with Gasteiger partial charge in [-0.25, -0.2) is 4.79 Å². The zero-order valence-electron chi connectivity index (χ0n) is 11.1. The van der Waals surface area contributed by atoms with E-state index in [0.29, 0.717) is 13.4 Å². The molecule has 0 fully saturated rings. The summed E-state index contributed by atoms with van der Waals surface area (Å²) in [6.07, 6.45) is -6.62. The van der Waals surface area contributed by atoms with Crippen LogP contribution in [0.25, 0.3) is 0 Å². The Kier molecular flexibility index (Phi) is 7.49. The SMILES string of the molecule is O=C(OCc1c(Br)c(Br)c(Br)c(Br)c1Br)C(F)(F)C(F)(F)C(F)(F)F. The zero-order chi connectivity index (χ0) is 20.0. The smallest absolute Gasteiger partial charge is 0.456 e. The van der Waals surface area contributed by atoms with E-state index in [1.54, 1.807) is 0 Å². The van der Waals surface area contributed by atoms with Gasteiger partial charge in [0.05, 0.1) is 0 Å². The average molecular weight is 699 g/mol. The average Bonchev–Trinajstić information content (AvgIpc) is 2.49. The first-order valence-corrected chi connectivity index (χ1v) is 9.53. The molecule has 0 atom stereocenters. The number of rotatable bonds is 4. The topological polar surface area (TPSA) is 26.3 Å². The number of halogens is 12. The third kappa shape index (κ3) is 4.37. The summed E-state index contributed by atoms with van der Waals surface area (Å²) >= 11 is 15.5. The van der Waals surface area contributed by atoms with E-state index in [1.165, 1.54) is 0 Å². The van der Waals surface area contributed by atoms with Crippen molar-refractivity contribution in [2.45, 2.75) is 24.6 Å². The molecule has 0 aliphatic rings. The maximum Gasteiger partial charge on any atom is 0.460 e. The molecule has 0 aromatic heterocycles. The van der Waals surface area contributed by atoms with E-state index in [9.17, 15) is 35.5 Å². The van der Waals surface area contributed by atoms with Gasteiger partial charge in [-0.05, 0) is 79.6 Å². The van der Waals surface area contributed by atoms with E-state index < -0.39 is 30.6 Å². The quantitative estimate of drug-likeness (QED) is 0.142. The number of hydrogen-bond acceptors (Lipinski definition) is 2. The molecule has 0 radical (unpaired) electrons. The van der Waals surface area contributed by atoms with Crippen LogP contribution in [-0.4, -0.2) is 24.0 Å². The van der Waals surface area contributed by atoms with Gasteiger partial charge < -0.3 is 4.74 Å². The highest BCUT2D eigenvalue weighted by molar-refractivity contribution is 9.15. The van der Waals surface area contributed by atoms with Crippen LogP contribution >= 0.6 is 79.6 Å². The van der Waals surface area contributed by atoms with Gasteiger partial charge in [0.1, 0.15) is 6.61 Å². The summed E-state index contributed by atoms with van der Waals surface area (Å²) in [6.45, 7) is -1.01. The van der Waals surface area contributed by atoms with Crippen molar-refractivity contribution >= 4 is 85.6 Å². The molecule has 0 aliphatic heterocycles. The Labute approximate surface area is 177 Å². The number of carbonyl (C=O) groups is 1. The molecule has 1 rings (SSSR count). The summed E-state index contributed by atoms with van der Waals surface area (Å²) in [5.41, 5.74) is 0.00132. The van der Waals surface area contributed by atoms with Gasteiger partial charge in [-0.2, -0.15) is 30.7 Å². The number of benzene rings is 1. The fourth-order valence-corrected chi connectivity index (χ4v) is 4.67. The molecule has 0 spiro atoms. The van der Waals surface area contributed by atoms with Crippen LogP contribution in [0.4, 0.5) is 30.7 Å². The molecule has 142 valence electrons. The van der Waals surface area contributed by atoms with Crippen LogP contribution in [0.15, 0.2) is 22.4 Å². The monoisotopic (exact) mass is 694 g/mol. The summed E-state index contributed by atoms with van der Waals surface area (Å²) in [5.74, 6) is -15.7. The normalized spacial score (nSPS) is 13.1. The number of alkyl halides is 7. The maximum atomic E-state index is 13.2. The lowest BCUT2D eigenvalue weighted by molar-refractivity contribution is -0.348. The lowest BCUT2D eigenvalue weighted by atomic mass is 10.1. The van der Waals surface area contributed by atoms with Crippen molar-refractivity contribution in [3.05, 3.63) is 27.9 Å². The van der Waals surface area contributed by atoms with Crippen LogP contribution in [0.1, 0.15) is 5.56 Å². The van der Waals surface area contributed by atoms with Gasteiger partial charge in [-0.15, -0.1) is 0 Å². The van der Waals surface area contributed by atoms with E-state index >= 15 is 0 Å². The molecule has 14 heteroatoms. The van der Waals surface area contributed by atoms with Crippen molar-refractivity contribution in [3.8, 4) is 0 Å². The van der Waals surface area contributed by atoms with E-state index in [-0.39, 0.29) is 14.5 Å². The molecule has 0 aliphatic carbocycles. The van der Waals surface area contributed by atoms with Crippen molar-refractivity contribution in [2.24, 2.45) is 0 Å². The molecule has 0 bridgehead atoms. The van der Waals surface area contributed by atoms with Crippen LogP contribution < -0.4 is 0 Å². The molecule has 0 saturated carbocycles. The zero-order valence-corrected chi connectivity index (χ0v) is 19.0. The van der Waals surface area contributed by atoms with Crippen LogP contribution in [0.3, 0.4) is 0 Å². The van der Waals surface area contributed by atoms with Crippen molar-refractivity contribution in [2.75, 3.05) is 0 Å². The number of esters is 1. The highest BCUT2D eigenvalue weighted by Crippen LogP contribution is 2.48. The summed E-state index contributed by atoms with van der Waals surface area (Å²) in [5, 5.41) is 0. The fraction of sp³-hybridized carbons (Fsp3) is 0.364. The molecule has 1 aromatic carbocycles. The maximum absolute atomic E-state index is 13.2. The van der Waals surface area contributed by atoms with E-state index in [1.807, 2.05) is 0 Å². The highest BCUT2D eigenvalue weighted by Gasteiger charge is 2.77. The minimum Gasteiger partial charge on any atom is -0.456 e. The first kappa shape index (κ1) is 23.6. The summed E-state index contributed by atoms with van der Waals surface area (Å²) in [4.78, 5) is 11.2. The number of hydrogen-bond donors (Lipinski definition) is 0. The first-order valence-electron chi connectivity index (χ1n) is 5.57. The lowest BCUT2D eigenvalue weighted by Gasteiger charge is -2.26. The highest BCUT2D eigenvalue weighted by atomic mass is 79.9. The second-order valence-electron chi connectivity index (χ2n) is 4.27. The Morgan fingerprint density at radius 1 is 0.760 bits per heavy atom. The Morgan fingerprint density at radius 3 is 1.48 bits per heavy atom. The standard InChI is InChI=1S/C11H2Br5F7O2/c12-3-2(4(13)6(15)7(16)5(3)14)1-25-8(24)9(17,18)10(19,20)11(21,22)23/h1H2. The summed E-state index contributed by atoms with van der Waals surface area (Å²) in [7, 11) is 0. The van der Waals surface area contributed by atoms with Crippen LogP contribution in [0.2, 0.25) is 0 Å². The Hall–Kier alpha value is 0.600. The molecule has 1 aromatic rings. The molecule has 0 saturated heterocycles. The Morgan fingerprint density at radius 2 is 1.12 bits per heavy atom. The van der Waals surface area contributed by atoms with Gasteiger partial charge >= 0.3 is 24.0 Å². The molecular formula is C11H2Br5F7O2. The van der Waals surface area contributed by atoms with Crippen molar-refractivity contribution in [3.63, 3.8) is 0 Å². The van der Waals surface area contributed by atoms with Crippen molar-refractivity contribution in [1.29, 1.82) is 0 Å². The minimum absolute atomic E-state index is 0.00132. The third-order valence-electron chi connectivity index (χ3n) is 2.66. The Balaban J connectivity index is 3.13. The molecule has 2 nitrogen and oxygen atoms in total. The van der Waals surface area contributed by atoms with Gasteiger partial charge in [-0.3, -0.25) is 0 Å². The van der Waals surface area contributed by atoms with E-state index in [2.05, 4.69) is 84.4 Å². The second kappa shape index (κ2) is 7.92. The molecule has 0 unspecified atom stereocenters. The predicted molar refractivity (Wildman–Crippen MR) is 90.7 cm³/mol. The molecule has 0 amide bonds. The fourth-order valence-electron chi connectivity index (χ4n) is 1.31. The van der Waals surface area contributed by atoms with E-state index in [0.717, 1.165) is 0 Å². The summed E-state index contributed by atoms with van der Waals surface area (Å²) in [6, 6.07) is 0. The van der Waals surface area contributed by atoms with Gasteiger partial charge in [0.25, 0.3) is 0 Å².